The lowest BCUT2D eigenvalue weighted by atomic mass is 9.99. The summed E-state index contributed by atoms with van der Waals surface area (Å²) >= 11 is 0. The van der Waals surface area contributed by atoms with Gasteiger partial charge in [0.1, 0.15) is 5.78 Å². The van der Waals surface area contributed by atoms with Gasteiger partial charge in [0.2, 0.25) is 0 Å². The maximum Gasteiger partial charge on any atom is 0.143 e. The molecule has 0 bridgehead atoms. The zero-order valence-corrected chi connectivity index (χ0v) is 12.8. The van der Waals surface area contributed by atoms with Crippen molar-refractivity contribution in [3.63, 3.8) is 0 Å². The Kier molecular flexibility index (Phi) is 3.65. The highest BCUT2D eigenvalue weighted by Gasteiger charge is 2.18. The zero-order valence-electron chi connectivity index (χ0n) is 12.8. The van der Waals surface area contributed by atoms with E-state index in [-0.39, 0.29) is 5.78 Å². The summed E-state index contributed by atoms with van der Waals surface area (Å²) in [6, 6.07) is 11.8. The Labute approximate surface area is 130 Å². The van der Waals surface area contributed by atoms with Crippen LogP contribution in [-0.4, -0.2) is 11.5 Å². The van der Waals surface area contributed by atoms with Crippen molar-refractivity contribution < 1.29 is 4.79 Å². The molecule has 108 valence electrons. The van der Waals surface area contributed by atoms with Crippen LogP contribution in [0.5, 0.6) is 0 Å². The molecule has 1 heterocycles. The third-order valence-electron chi connectivity index (χ3n) is 4.07. The minimum Gasteiger partial charge on any atom is -0.299 e. The van der Waals surface area contributed by atoms with Crippen LogP contribution in [0.1, 0.15) is 34.2 Å². The first-order valence-electron chi connectivity index (χ1n) is 7.33. The molecule has 0 saturated heterocycles. The fraction of sp³-hybridized carbons (Fsp3) is 0.200. The van der Waals surface area contributed by atoms with Gasteiger partial charge in [0.25, 0.3) is 0 Å². The first kappa shape index (κ1) is 14.3. The fourth-order valence-electron chi connectivity index (χ4n) is 2.71. The third kappa shape index (κ3) is 2.71. The van der Waals surface area contributed by atoms with Gasteiger partial charge in [-0.05, 0) is 54.3 Å². The van der Waals surface area contributed by atoms with Crippen LogP contribution in [0.4, 0.5) is 5.69 Å². The molecule has 1 aliphatic heterocycles. The summed E-state index contributed by atoms with van der Waals surface area (Å²) in [4.78, 5) is 17.0. The van der Waals surface area contributed by atoms with Gasteiger partial charge in [-0.2, -0.15) is 0 Å². The summed E-state index contributed by atoms with van der Waals surface area (Å²) in [7, 11) is 0. The van der Waals surface area contributed by atoms with Crippen LogP contribution in [0.2, 0.25) is 0 Å². The number of aliphatic imine (C=N–C) groups is 1. The monoisotopic (exact) mass is 287 g/mol. The highest BCUT2D eigenvalue weighted by molar-refractivity contribution is 6.13. The van der Waals surface area contributed by atoms with E-state index >= 15 is 0 Å². The lowest BCUT2D eigenvalue weighted by molar-refractivity contribution is -0.117. The smallest absolute Gasteiger partial charge is 0.143 e. The van der Waals surface area contributed by atoms with Crippen molar-refractivity contribution in [2.75, 3.05) is 0 Å². The van der Waals surface area contributed by atoms with Crippen molar-refractivity contribution >= 4 is 17.2 Å². The molecule has 0 atom stereocenters. The maximum absolute atomic E-state index is 12.3. The number of hydrogen-bond donors (Lipinski definition) is 0. The van der Waals surface area contributed by atoms with Crippen molar-refractivity contribution in [1.29, 1.82) is 0 Å². The van der Waals surface area contributed by atoms with E-state index in [1.807, 2.05) is 24.3 Å². The summed E-state index contributed by atoms with van der Waals surface area (Å²) in [5.41, 5.74) is 6.82. The first-order chi connectivity index (χ1) is 10.6. The van der Waals surface area contributed by atoms with Gasteiger partial charge in [0.05, 0.1) is 11.4 Å². The van der Waals surface area contributed by atoms with E-state index in [0.717, 1.165) is 28.1 Å². The Morgan fingerprint density at radius 1 is 1.09 bits per heavy atom. The van der Waals surface area contributed by atoms with Crippen molar-refractivity contribution in [3.05, 3.63) is 64.2 Å². The maximum atomic E-state index is 12.3. The molecule has 3 rings (SSSR count). The summed E-state index contributed by atoms with van der Waals surface area (Å²) < 4.78 is 0. The van der Waals surface area contributed by atoms with Gasteiger partial charge in [0, 0.05) is 18.4 Å². The molecule has 22 heavy (non-hydrogen) atoms. The van der Waals surface area contributed by atoms with E-state index in [9.17, 15) is 4.79 Å². The Hall–Kier alpha value is -2.66. The van der Waals surface area contributed by atoms with Crippen LogP contribution < -0.4 is 0 Å². The number of Topliss-reactive ketones (excluding diaryl/α,β-unsaturated/α-hetero) is 1. The van der Waals surface area contributed by atoms with E-state index in [1.54, 1.807) is 0 Å². The molecule has 0 radical (unpaired) electrons. The molecule has 0 saturated carbocycles. The number of fused-ring (bicyclic) bond motifs is 1. The van der Waals surface area contributed by atoms with Crippen molar-refractivity contribution in [2.45, 2.75) is 26.7 Å². The molecule has 2 aromatic carbocycles. The van der Waals surface area contributed by atoms with E-state index in [0.29, 0.717) is 12.8 Å². The van der Waals surface area contributed by atoms with Gasteiger partial charge in [0.15, 0.2) is 0 Å². The molecular formula is C20H17NO. The number of hydrogen-bond acceptors (Lipinski definition) is 2. The molecule has 2 heteroatoms. The van der Waals surface area contributed by atoms with Crippen molar-refractivity contribution in [1.82, 2.24) is 0 Å². The van der Waals surface area contributed by atoms with E-state index in [2.05, 4.69) is 31.9 Å². The summed E-state index contributed by atoms with van der Waals surface area (Å²) in [6.07, 6.45) is 6.25. The number of carbonyl (C=O) groups is 1. The predicted octanol–water partition coefficient (Wildman–Crippen LogP) is 3.92. The van der Waals surface area contributed by atoms with Gasteiger partial charge < -0.3 is 0 Å². The topological polar surface area (TPSA) is 29.4 Å². The van der Waals surface area contributed by atoms with E-state index in [4.69, 9.17) is 11.4 Å². The van der Waals surface area contributed by atoms with Crippen LogP contribution in [0, 0.1) is 26.2 Å². The number of rotatable bonds is 1. The predicted molar refractivity (Wildman–Crippen MR) is 89.8 cm³/mol. The van der Waals surface area contributed by atoms with Crippen molar-refractivity contribution in [2.24, 2.45) is 4.99 Å². The first-order valence-corrected chi connectivity index (χ1v) is 7.33. The average Bonchev–Trinajstić information content (AvgIpc) is 2.66. The van der Waals surface area contributed by atoms with E-state index < -0.39 is 0 Å². The Morgan fingerprint density at radius 3 is 2.64 bits per heavy atom. The van der Waals surface area contributed by atoms with Gasteiger partial charge in [-0.3, -0.25) is 9.79 Å². The summed E-state index contributed by atoms with van der Waals surface area (Å²) in [6.45, 7) is 4.13. The van der Waals surface area contributed by atoms with Gasteiger partial charge >= 0.3 is 0 Å². The summed E-state index contributed by atoms with van der Waals surface area (Å²) in [5, 5.41) is 0. The summed E-state index contributed by atoms with van der Waals surface area (Å²) in [5.74, 6) is 2.82. The van der Waals surface area contributed by atoms with Gasteiger partial charge in [-0.15, -0.1) is 6.42 Å². The number of nitrogens with zero attached hydrogens (tertiary/aromatic N) is 1. The Bertz CT molecular complexity index is 837. The largest absolute Gasteiger partial charge is 0.299 e. The molecule has 0 fully saturated rings. The lowest BCUT2D eigenvalue weighted by Crippen LogP contribution is -2.09. The minimum atomic E-state index is 0.187. The molecule has 2 nitrogen and oxygen atoms in total. The highest BCUT2D eigenvalue weighted by atomic mass is 16.1. The minimum absolute atomic E-state index is 0.187. The van der Waals surface area contributed by atoms with Crippen LogP contribution in [0.15, 0.2) is 41.4 Å². The number of terminal acetylenes is 1. The third-order valence-corrected chi connectivity index (χ3v) is 4.07. The van der Waals surface area contributed by atoms with Gasteiger partial charge in [-0.1, -0.05) is 24.1 Å². The van der Waals surface area contributed by atoms with Crippen LogP contribution >= 0.6 is 0 Å². The van der Waals surface area contributed by atoms with Crippen LogP contribution in [-0.2, 0) is 11.2 Å². The number of aryl methyl sites for hydroxylation is 2. The SMILES string of the molecule is C#Cc1cccc(C2=Nc3cc(C)c(C)cc3CC(=O)C2)c1. The average molecular weight is 287 g/mol. The van der Waals surface area contributed by atoms with Crippen molar-refractivity contribution in [3.8, 4) is 12.3 Å². The van der Waals surface area contributed by atoms with E-state index in [1.165, 1.54) is 11.1 Å². The molecule has 1 aliphatic rings. The lowest BCUT2D eigenvalue weighted by Gasteiger charge is -2.07. The molecule has 0 spiro atoms. The number of carbonyl (C=O) groups excluding carboxylic acids is 1. The quantitative estimate of drug-likeness (QED) is 0.731. The fourth-order valence-corrected chi connectivity index (χ4v) is 2.71. The normalized spacial score (nSPS) is 13.9. The molecular weight excluding hydrogens is 270 g/mol. The van der Waals surface area contributed by atoms with Crippen LogP contribution in [0.25, 0.3) is 0 Å². The Morgan fingerprint density at radius 2 is 1.86 bits per heavy atom. The zero-order chi connectivity index (χ0) is 15.7. The molecule has 0 amide bonds. The second kappa shape index (κ2) is 5.61. The van der Waals surface area contributed by atoms with Crippen LogP contribution in [0.3, 0.4) is 0 Å². The molecule has 2 aromatic rings. The number of ketones is 1. The molecule has 0 aromatic heterocycles. The standard InChI is InChI=1S/C20H17NO/c1-4-15-6-5-7-16(10-15)20-12-18(22)11-17-8-13(2)14(3)9-19(17)21-20/h1,5-10H,11-12H2,2-3H3. The molecule has 0 aliphatic carbocycles. The molecule has 0 unspecified atom stereocenters. The Balaban J connectivity index is 2.14. The second-order valence-corrected chi connectivity index (χ2v) is 5.74. The second-order valence-electron chi connectivity index (χ2n) is 5.74. The highest BCUT2D eigenvalue weighted by Crippen LogP contribution is 2.28. The van der Waals surface area contributed by atoms with Gasteiger partial charge in [-0.25, -0.2) is 0 Å². The number of benzene rings is 2. The molecule has 0 N–H and O–H groups in total.